The minimum Gasteiger partial charge on any atom is -0.378 e. The van der Waals surface area contributed by atoms with Gasteiger partial charge in [-0.2, -0.15) is 5.10 Å². The molecular formula is C17H25N7O2. The predicted octanol–water partition coefficient (Wildman–Crippen LogP) is 0.474. The maximum Gasteiger partial charge on any atom is 0.225 e. The average molecular weight is 359 g/mol. The number of carbonyl (C=O) groups excluding carboxylic acids is 1. The van der Waals surface area contributed by atoms with Crippen LogP contribution >= 0.6 is 0 Å². The fourth-order valence-electron chi connectivity index (χ4n) is 2.88. The van der Waals surface area contributed by atoms with Crippen molar-refractivity contribution in [2.24, 2.45) is 5.92 Å². The summed E-state index contributed by atoms with van der Waals surface area (Å²) in [5.41, 5.74) is 0.787. The number of carbonyl (C=O) groups is 1. The first-order valence-electron chi connectivity index (χ1n) is 8.82. The Labute approximate surface area is 152 Å². The number of nitrogens with zero attached hydrogens (tertiary/aromatic N) is 6. The zero-order valence-electron chi connectivity index (χ0n) is 15.5. The highest BCUT2D eigenvalue weighted by Gasteiger charge is 2.17. The summed E-state index contributed by atoms with van der Waals surface area (Å²) in [6, 6.07) is 1.92. The number of aromatic nitrogens is 5. The molecule has 1 aliphatic heterocycles. The smallest absolute Gasteiger partial charge is 0.225 e. The van der Waals surface area contributed by atoms with Crippen molar-refractivity contribution < 1.29 is 9.53 Å². The molecule has 1 N–H and O–H groups in total. The summed E-state index contributed by atoms with van der Waals surface area (Å²) in [6.45, 7) is 9.52. The lowest BCUT2D eigenvalue weighted by Crippen LogP contribution is -2.37. The van der Waals surface area contributed by atoms with E-state index in [1.54, 1.807) is 4.68 Å². The minimum absolute atomic E-state index is 0.0379. The second-order valence-corrected chi connectivity index (χ2v) is 6.47. The fourth-order valence-corrected chi connectivity index (χ4v) is 2.88. The van der Waals surface area contributed by atoms with Crippen molar-refractivity contribution in [3.05, 3.63) is 29.7 Å². The van der Waals surface area contributed by atoms with Crippen LogP contribution in [0.1, 0.15) is 24.3 Å². The van der Waals surface area contributed by atoms with Crippen LogP contribution in [-0.4, -0.2) is 56.9 Å². The van der Waals surface area contributed by atoms with E-state index in [0.29, 0.717) is 32.1 Å². The van der Waals surface area contributed by atoms with Gasteiger partial charge in [-0.3, -0.25) is 4.79 Å². The Bertz CT molecular complexity index is 755. The molecule has 1 amide bonds. The van der Waals surface area contributed by atoms with Gasteiger partial charge in [-0.05, 0) is 13.8 Å². The highest BCUT2D eigenvalue weighted by atomic mass is 16.5. The molecule has 9 heteroatoms. The molecule has 140 valence electrons. The van der Waals surface area contributed by atoms with Crippen LogP contribution < -0.4 is 10.2 Å². The van der Waals surface area contributed by atoms with Crippen LogP contribution in [0.15, 0.2) is 12.4 Å². The Morgan fingerprint density at radius 1 is 1.31 bits per heavy atom. The summed E-state index contributed by atoms with van der Waals surface area (Å²) < 4.78 is 7.13. The first-order chi connectivity index (χ1) is 12.5. The molecule has 0 saturated carbocycles. The van der Waals surface area contributed by atoms with Gasteiger partial charge in [-0.1, -0.05) is 6.92 Å². The third-order valence-corrected chi connectivity index (χ3v) is 4.35. The zero-order chi connectivity index (χ0) is 18.5. The van der Waals surface area contributed by atoms with Crippen molar-refractivity contribution in [1.82, 2.24) is 30.0 Å². The van der Waals surface area contributed by atoms with E-state index in [1.165, 1.54) is 6.33 Å². The molecule has 0 bridgehead atoms. The van der Waals surface area contributed by atoms with Gasteiger partial charge < -0.3 is 15.0 Å². The molecule has 3 rings (SSSR count). The van der Waals surface area contributed by atoms with E-state index < -0.39 is 0 Å². The van der Waals surface area contributed by atoms with Crippen molar-refractivity contribution >= 4 is 11.7 Å². The van der Waals surface area contributed by atoms with Crippen LogP contribution in [-0.2, 0) is 22.6 Å². The normalized spacial score (nSPS) is 15.7. The topological polar surface area (TPSA) is 98.1 Å². The molecular weight excluding hydrogens is 334 g/mol. The Balaban J connectivity index is 1.54. The fraction of sp³-hybridized carbons (Fsp3) is 0.588. The third-order valence-electron chi connectivity index (χ3n) is 4.35. The Morgan fingerprint density at radius 2 is 2.08 bits per heavy atom. The van der Waals surface area contributed by atoms with Crippen molar-refractivity contribution in [3.63, 3.8) is 0 Å². The number of amides is 1. The van der Waals surface area contributed by atoms with Crippen LogP contribution in [0, 0.1) is 19.8 Å². The monoisotopic (exact) mass is 359 g/mol. The first kappa shape index (κ1) is 18.2. The Hall–Kier alpha value is -2.55. The first-order valence-corrected chi connectivity index (χ1v) is 8.82. The van der Waals surface area contributed by atoms with E-state index in [1.807, 2.05) is 26.8 Å². The van der Waals surface area contributed by atoms with E-state index in [0.717, 1.165) is 30.4 Å². The number of rotatable bonds is 6. The van der Waals surface area contributed by atoms with E-state index in [4.69, 9.17) is 4.74 Å². The summed E-state index contributed by atoms with van der Waals surface area (Å²) in [4.78, 5) is 27.4. The number of aryl methyl sites for hydroxylation is 2. The minimum atomic E-state index is -0.213. The number of ether oxygens (including phenoxy) is 1. The molecule has 0 spiro atoms. The molecule has 1 saturated heterocycles. The van der Waals surface area contributed by atoms with E-state index in [2.05, 4.69) is 30.3 Å². The van der Waals surface area contributed by atoms with Crippen molar-refractivity contribution in [2.75, 3.05) is 31.2 Å². The average Bonchev–Trinajstić information content (AvgIpc) is 2.97. The van der Waals surface area contributed by atoms with Gasteiger partial charge in [-0.15, -0.1) is 0 Å². The molecule has 0 aliphatic carbocycles. The summed E-state index contributed by atoms with van der Waals surface area (Å²) >= 11 is 0. The van der Waals surface area contributed by atoms with Crippen molar-refractivity contribution in [2.45, 2.75) is 33.9 Å². The largest absolute Gasteiger partial charge is 0.378 e. The SMILES string of the molecule is Cc1nc(C)n(C[C@@H](C)C(=O)NCc2cc(N3CCOCC3)ncn2)n1. The third kappa shape index (κ3) is 4.54. The van der Waals surface area contributed by atoms with Gasteiger partial charge in [0.2, 0.25) is 5.91 Å². The number of hydrogen-bond acceptors (Lipinski definition) is 7. The van der Waals surface area contributed by atoms with Crippen molar-refractivity contribution in [1.29, 1.82) is 0 Å². The van der Waals surface area contributed by atoms with Gasteiger partial charge >= 0.3 is 0 Å². The lowest BCUT2D eigenvalue weighted by molar-refractivity contribution is -0.125. The van der Waals surface area contributed by atoms with Crippen LogP contribution in [0.4, 0.5) is 5.82 Å². The quantitative estimate of drug-likeness (QED) is 0.801. The molecule has 2 aromatic rings. The maximum absolute atomic E-state index is 12.4. The molecule has 0 aromatic carbocycles. The van der Waals surface area contributed by atoms with Gasteiger partial charge in [0, 0.05) is 19.2 Å². The van der Waals surface area contributed by atoms with Gasteiger partial charge in [0.05, 0.1) is 37.9 Å². The van der Waals surface area contributed by atoms with Crippen molar-refractivity contribution in [3.8, 4) is 0 Å². The summed E-state index contributed by atoms with van der Waals surface area (Å²) in [5.74, 6) is 2.15. The lowest BCUT2D eigenvalue weighted by atomic mass is 10.1. The van der Waals surface area contributed by atoms with Crippen LogP contribution in [0.3, 0.4) is 0 Å². The molecule has 26 heavy (non-hydrogen) atoms. The number of morpholine rings is 1. The van der Waals surface area contributed by atoms with Gasteiger partial charge in [0.15, 0.2) is 0 Å². The van der Waals surface area contributed by atoms with Crippen LogP contribution in [0.2, 0.25) is 0 Å². The molecule has 3 heterocycles. The Morgan fingerprint density at radius 3 is 2.77 bits per heavy atom. The summed E-state index contributed by atoms with van der Waals surface area (Å²) in [6.07, 6.45) is 1.54. The molecule has 1 aliphatic rings. The molecule has 1 fully saturated rings. The lowest BCUT2D eigenvalue weighted by Gasteiger charge is -2.27. The molecule has 2 aromatic heterocycles. The summed E-state index contributed by atoms with van der Waals surface area (Å²) in [5, 5.41) is 7.24. The molecule has 1 atom stereocenters. The van der Waals surface area contributed by atoms with E-state index in [-0.39, 0.29) is 11.8 Å². The van der Waals surface area contributed by atoms with Crippen LogP contribution in [0.25, 0.3) is 0 Å². The highest BCUT2D eigenvalue weighted by molar-refractivity contribution is 5.78. The molecule has 0 unspecified atom stereocenters. The highest BCUT2D eigenvalue weighted by Crippen LogP contribution is 2.13. The zero-order valence-corrected chi connectivity index (χ0v) is 15.5. The Kier molecular flexibility index (Phi) is 5.77. The van der Waals surface area contributed by atoms with Gasteiger partial charge in [0.25, 0.3) is 0 Å². The molecule has 0 radical (unpaired) electrons. The van der Waals surface area contributed by atoms with E-state index in [9.17, 15) is 4.79 Å². The molecule has 9 nitrogen and oxygen atoms in total. The van der Waals surface area contributed by atoms with Gasteiger partial charge in [-0.25, -0.2) is 19.6 Å². The second-order valence-electron chi connectivity index (χ2n) is 6.47. The van der Waals surface area contributed by atoms with E-state index >= 15 is 0 Å². The van der Waals surface area contributed by atoms with Crippen LogP contribution in [0.5, 0.6) is 0 Å². The number of nitrogens with one attached hydrogen (secondary N) is 1. The summed E-state index contributed by atoms with van der Waals surface area (Å²) in [7, 11) is 0. The number of hydrogen-bond donors (Lipinski definition) is 1. The predicted molar refractivity (Wildman–Crippen MR) is 95.6 cm³/mol. The number of anilines is 1. The van der Waals surface area contributed by atoms with Gasteiger partial charge in [0.1, 0.15) is 23.8 Å². The standard InChI is InChI=1S/C17H25N7O2/c1-12(10-24-14(3)21-13(2)22-24)17(25)18-9-15-8-16(20-11-19-15)23-4-6-26-7-5-23/h8,11-12H,4-7,9-10H2,1-3H3,(H,18,25)/t12-/m1/s1. The maximum atomic E-state index is 12.4. The second kappa shape index (κ2) is 8.22.